The van der Waals surface area contributed by atoms with E-state index in [9.17, 15) is 0 Å². The zero-order valence-electron chi connectivity index (χ0n) is 16.9. The molecular weight excluding hydrogens is 388 g/mol. The fraction of sp³-hybridized carbons (Fsp3) is 0.148. The molecule has 2 aliphatic heterocycles. The van der Waals surface area contributed by atoms with Crippen LogP contribution in [0.25, 0.3) is 10.8 Å². The number of nitrogens with zero attached hydrogens (tertiary/aromatic N) is 2. The van der Waals surface area contributed by atoms with Gasteiger partial charge in [0.05, 0.1) is 11.7 Å². The first kappa shape index (κ1) is 17.7. The Morgan fingerprint density at radius 1 is 0.833 bits per heavy atom. The second-order valence-corrected chi connectivity index (χ2v) is 9.11. The van der Waals surface area contributed by atoms with Gasteiger partial charge in [-0.2, -0.15) is 0 Å². The van der Waals surface area contributed by atoms with Crippen molar-refractivity contribution in [2.45, 2.75) is 25.3 Å². The summed E-state index contributed by atoms with van der Waals surface area (Å²) in [6, 6.07) is 29.9. The molecule has 146 valence electrons. The Morgan fingerprint density at radius 2 is 1.57 bits per heavy atom. The second-order valence-electron chi connectivity index (χ2n) is 8.67. The van der Waals surface area contributed by atoms with Crippen molar-refractivity contribution in [2.75, 3.05) is 4.90 Å². The Balaban J connectivity index is 1.71. The average Bonchev–Trinajstić information content (AvgIpc) is 3.01. The number of hydrogen-bond donors (Lipinski definition) is 0. The van der Waals surface area contributed by atoms with Gasteiger partial charge in [-0.15, -0.1) is 0 Å². The number of benzene rings is 4. The van der Waals surface area contributed by atoms with Crippen LogP contribution in [0.4, 0.5) is 11.4 Å². The number of rotatable bonds is 1. The largest absolute Gasteiger partial charge is 0.317 e. The summed E-state index contributed by atoms with van der Waals surface area (Å²) < 4.78 is 0. The van der Waals surface area contributed by atoms with Gasteiger partial charge in [0.1, 0.15) is 5.84 Å². The summed E-state index contributed by atoms with van der Waals surface area (Å²) in [5, 5.41) is 3.28. The van der Waals surface area contributed by atoms with Crippen LogP contribution in [0.5, 0.6) is 0 Å². The molecule has 4 aromatic carbocycles. The average molecular weight is 409 g/mol. The van der Waals surface area contributed by atoms with Gasteiger partial charge in [0.25, 0.3) is 0 Å². The van der Waals surface area contributed by atoms with Gasteiger partial charge in [-0.1, -0.05) is 74.0 Å². The summed E-state index contributed by atoms with van der Waals surface area (Å²) in [6.45, 7) is 4.71. The predicted octanol–water partition coefficient (Wildman–Crippen LogP) is 7.42. The zero-order chi connectivity index (χ0) is 20.5. The van der Waals surface area contributed by atoms with Crippen LogP contribution in [0.15, 0.2) is 89.9 Å². The van der Waals surface area contributed by atoms with Gasteiger partial charge in [0.2, 0.25) is 0 Å². The maximum Gasteiger partial charge on any atom is 0.141 e. The monoisotopic (exact) mass is 408 g/mol. The Bertz CT molecular complexity index is 1330. The number of para-hydroxylation sites is 1. The van der Waals surface area contributed by atoms with E-state index in [-0.39, 0.29) is 11.5 Å². The summed E-state index contributed by atoms with van der Waals surface area (Å²) in [4.78, 5) is 7.64. The number of halogens is 1. The van der Waals surface area contributed by atoms with Crippen LogP contribution in [0, 0.1) is 0 Å². The molecule has 6 rings (SSSR count). The van der Waals surface area contributed by atoms with Gasteiger partial charge in [0, 0.05) is 27.3 Å². The number of anilines is 1. The third kappa shape index (κ3) is 2.34. The van der Waals surface area contributed by atoms with Crippen molar-refractivity contribution in [3.63, 3.8) is 0 Å². The molecule has 0 bridgehead atoms. The molecule has 0 spiro atoms. The normalized spacial score (nSPS) is 18.6. The van der Waals surface area contributed by atoms with Crippen molar-refractivity contribution in [1.82, 2.24) is 0 Å². The molecule has 0 N–H and O–H groups in total. The van der Waals surface area contributed by atoms with Crippen LogP contribution in [-0.2, 0) is 5.41 Å². The van der Waals surface area contributed by atoms with Gasteiger partial charge in [-0.3, -0.25) is 0 Å². The summed E-state index contributed by atoms with van der Waals surface area (Å²) in [5.41, 5.74) is 5.98. The summed E-state index contributed by atoms with van der Waals surface area (Å²) in [6.07, 6.45) is 0. The van der Waals surface area contributed by atoms with Crippen LogP contribution in [0.2, 0.25) is 5.02 Å². The topological polar surface area (TPSA) is 15.6 Å². The third-order valence-electron chi connectivity index (χ3n) is 6.58. The van der Waals surface area contributed by atoms with Crippen molar-refractivity contribution in [1.29, 1.82) is 0 Å². The lowest BCUT2D eigenvalue weighted by Gasteiger charge is -2.39. The summed E-state index contributed by atoms with van der Waals surface area (Å²) in [7, 11) is 0. The number of amidine groups is 1. The van der Waals surface area contributed by atoms with Crippen molar-refractivity contribution in [3.05, 3.63) is 107 Å². The SMILES string of the molecule is CC1(C)c2ccccc2N2C(c3ccc(Cl)cc3)=Nc3ccc4ccccc4c3[C@@H]21. The molecule has 2 nitrogen and oxygen atoms in total. The molecule has 0 saturated heterocycles. The van der Waals surface area contributed by atoms with Crippen molar-refractivity contribution >= 4 is 39.6 Å². The fourth-order valence-electron chi connectivity index (χ4n) is 5.20. The predicted molar refractivity (Wildman–Crippen MR) is 126 cm³/mol. The molecule has 4 aromatic rings. The lowest BCUT2D eigenvalue weighted by atomic mass is 9.75. The Labute approximate surface area is 181 Å². The van der Waals surface area contributed by atoms with E-state index in [0.29, 0.717) is 0 Å². The van der Waals surface area contributed by atoms with E-state index in [1.807, 2.05) is 12.1 Å². The molecule has 0 amide bonds. The Morgan fingerprint density at radius 3 is 2.40 bits per heavy atom. The molecule has 2 heterocycles. The van der Waals surface area contributed by atoms with E-state index in [1.165, 1.54) is 27.6 Å². The Hall–Kier alpha value is -3.10. The smallest absolute Gasteiger partial charge is 0.141 e. The van der Waals surface area contributed by atoms with Crippen LogP contribution >= 0.6 is 11.6 Å². The van der Waals surface area contributed by atoms with Gasteiger partial charge in [-0.25, -0.2) is 4.99 Å². The number of fused-ring (bicyclic) bond motifs is 7. The van der Waals surface area contributed by atoms with Gasteiger partial charge >= 0.3 is 0 Å². The van der Waals surface area contributed by atoms with E-state index in [1.54, 1.807) is 0 Å². The standard InChI is InChI=1S/C27H21ClN2/c1-27(2)21-9-5-6-10-23(21)30-25(27)24-20-8-4-3-7-17(20)13-16-22(24)29-26(30)18-11-14-19(28)15-12-18/h3-16,25H,1-2H3/t25-/m1/s1. The first-order valence-corrected chi connectivity index (χ1v) is 10.7. The van der Waals surface area contributed by atoms with Crippen molar-refractivity contribution in [2.24, 2.45) is 4.99 Å². The minimum Gasteiger partial charge on any atom is -0.317 e. The first-order valence-electron chi connectivity index (χ1n) is 10.3. The van der Waals surface area contributed by atoms with E-state index in [4.69, 9.17) is 16.6 Å². The minimum atomic E-state index is -0.0664. The van der Waals surface area contributed by atoms with E-state index < -0.39 is 0 Å². The van der Waals surface area contributed by atoms with Crippen LogP contribution in [0.3, 0.4) is 0 Å². The van der Waals surface area contributed by atoms with E-state index >= 15 is 0 Å². The van der Waals surface area contributed by atoms with Crippen molar-refractivity contribution < 1.29 is 0 Å². The highest BCUT2D eigenvalue weighted by atomic mass is 35.5. The van der Waals surface area contributed by atoms with E-state index in [2.05, 4.69) is 91.5 Å². The number of hydrogen-bond acceptors (Lipinski definition) is 2. The Kier molecular flexibility index (Phi) is 3.66. The molecule has 30 heavy (non-hydrogen) atoms. The van der Waals surface area contributed by atoms with Gasteiger partial charge in [-0.05, 0) is 52.7 Å². The molecular formula is C27H21ClN2. The maximum atomic E-state index is 6.18. The maximum absolute atomic E-state index is 6.18. The molecule has 1 atom stereocenters. The number of aliphatic imine (C=N–C) groups is 1. The molecule has 0 fully saturated rings. The highest BCUT2D eigenvalue weighted by Gasteiger charge is 2.50. The first-order chi connectivity index (χ1) is 14.6. The molecule has 3 heteroatoms. The fourth-order valence-corrected chi connectivity index (χ4v) is 5.33. The zero-order valence-corrected chi connectivity index (χ0v) is 17.7. The van der Waals surface area contributed by atoms with Gasteiger partial charge in [0.15, 0.2) is 0 Å². The molecule has 0 saturated carbocycles. The lowest BCUT2D eigenvalue weighted by Crippen LogP contribution is -2.40. The van der Waals surface area contributed by atoms with Gasteiger partial charge < -0.3 is 4.90 Å². The minimum absolute atomic E-state index is 0.0664. The highest BCUT2D eigenvalue weighted by molar-refractivity contribution is 6.30. The van der Waals surface area contributed by atoms with Crippen LogP contribution in [-0.4, -0.2) is 5.84 Å². The molecule has 0 aromatic heterocycles. The van der Waals surface area contributed by atoms with Crippen LogP contribution < -0.4 is 4.90 Å². The second kappa shape index (κ2) is 6.20. The molecule has 0 aliphatic carbocycles. The lowest BCUT2D eigenvalue weighted by molar-refractivity contribution is 0.453. The molecule has 0 radical (unpaired) electrons. The molecule has 0 unspecified atom stereocenters. The molecule has 2 aliphatic rings. The summed E-state index contributed by atoms with van der Waals surface area (Å²) in [5.74, 6) is 0.984. The summed E-state index contributed by atoms with van der Waals surface area (Å²) >= 11 is 6.18. The van der Waals surface area contributed by atoms with E-state index in [0.717, 1.165) is 22.1 Å². The van der Waals surface area contributed by atoms with Crippen molar-refractivity contribution in [3.8, 4) is 0 Å². The van der Waals surface area contributed by atoms with Crippen LogP contribution in [0.1, 0.15) is 36.6 Å². The highest BCUT2D eigenvalue weighted by Crippen LogP contribution is 2.57. The quantitative estimate of drug-likeness (QED) is 0.320. The third-order valence-corrected chi connectivity index (χ3v) is 6.83.